The fourth-order valence-electron chi connectivity index (χ4n) is 2.70. The molecule has 0 spiro atoms. The Morgan fingerprint density at radius 3 is 2.76 bits per heavy atom. The van der Waals surface area contributed by atoms with Crippen molar-refractivity contribution in [2.24, 2.45) is 0 Å². The summed E-state index contributed by atoms with van der Waals surface area (Å²) in [6.45, 7) is 3.95. The Kier molecular flexibility index (Phi) is 5.14. The third kappa shape index (κ3) is 3.72. The van der Waals surface area contributed by atoms with Gasteiger partial charge in [-0.05, 0) is 42.5 Å². The minimum absolute atomic E-state index is 0.160. The van der Waals surface area contributed by atoms with Crippen LogP contribution >= 0.6 is 11.6 Å². The van der Waals surface area contributed by atoms with Gasteiger partial charge in [-0.2, -0.15) is 0 Å². The van der Waals surface area contributed by atoms with Crippen LogP contribution < -0.4 is 19.5 Å². The second-order valence-corrected chi connectivity index (χ2v) is 5.91. The van der Waals surface area contributed by atoms with Crippen molar-refractivity contribution in [3.8, 4) is 23.0 Å². The Bertz CT molecular complexity index is 789. The van der Waals surface area contributed by atoms with Crippen molar-refractivity contribution in [3.63, 3.8) is 0 Å². The fourth-order valence-corrected chi connectivity index (χ4v) is 2.83. The van der Waals surface area contributed by atoms with Gasteiger partial charge in [-0.1, -0.05) is 18.2 Å². The molecule has 1 amide bonds. The molecule has 0 radical (unpaired) electrons. The average molecular weight is 360 g/mol. The number of halogens is 1. The molecule has 0 aliphatic carbocycles. The van der Waals surface area contributed by atoms with Gasteiger partial charge in [-0.3, -0.25) is 4.79 Å². The van der Waals surface area contributed by atoms with E-state index in [9.17, 15) is 4.79 Å². The topological polar surface area (TPSA) is 56.8 Å². The van der Waals surface area contributed by atoms with Gasteiger partial charge in [-0.15, -0.1) is 0 Å². The van der Waals surface area contributed by atoms with E-state index in [2.05, 4.69) is 11.9 Å². The van der Waals surface area contributed by atoms with E-state index >= 15 is 0 Å². The smallest absolute Gasteiger partial charge is 0.243 e. The molecule has 1 aliphatic heterocycles. The molecule has 1 atom stereocenters. The fraction of sp³-hybridized carbons (Fsp3) is 0.211. The molecular weight excluding hydrogens is 342 g/mol. The van der Waals surface area contributed by atoms with Gasteiger partial charge < -0.3 is 19.5 Å². The Balaban J connectivity index is 1.93. The van der Waals surface area contributed by atoms with E-state index in [1.54, 1.807) is 37.4 Å². The van der Waals surface area contributed by atoms with Crippen LogP contribution in [0, 0.1) is 0 Å². The molecule has 0 aromatic heterocycles. The maximum atomic E-state index is 11.6. The molecule has 1 aliphatic rings. The number of carbonyl (C=O) groups is 1. The number of carbonyl (C=O) groups excluding carboxylic acids is 1. The molecule has 0 saturated carbocycles. The number of hydrogen-bond donors (Lipinski definition) is 1. The summed E-state index contributed by atoms with van der Waals surface area (Å²) in [5.41, 5.74) is 0.849. The number of nitrogens with one attached hydrogen (secondary N) is 1. The van der Waals surface area contributed by atoms with Crippen LogP contribution in [0.1, 0.15) is 18.0 Å². The zero-order chi connectivity index (χ0) is 17.8. The number of fused-ring (bicyclic) bond motifs is 1. The molecule has 6 heteroatoms. The van der Waals surface area contributed by atoms with Crippen molar-refractivity contribution in [2.45, 2.75) is 12.5 Å². The van der Waals surface area contributed by atoms with Crippen molar-refractivity contribution >= 4 is 17.5 Å². The first-order valence-corrected chi connectivity index (χ1v) is 8.20. The number of hydrogen-bond acceptors (Lipinski definition) is 4. The summed E-state index contributed by atoms with van der Waals surface area (Å²) >= 11 is 5.90. The lowest BCUT2D eigenvalue weighted by Gasteiger charge is -2.28. The van der Waals surface area contributed by atoms with Gasteiger partial charge in [0.05, 0.1) is 19.8 Å². The van der Waals surface area contributed by atoms with Crippen LogP contribution in [-0.4, -0.2) is 19.6 Å². The van der Waals surface area contributed by atoms with Gasteiger partial charge in [0.25, 0.3) is 0 Å². The quantitative estimate of drug-likeness (QED) is 0.810. The van der Waals surface area contributed by atoms with E-state index in [0.717, 1.165) is 5.56 Å². The van der Waals surface area contributed by atoms with Crippen LogP contribution in [0.5, 0.6) is 23.0 Å². The number of ether oxygens (including phenoxy) is 3. The number of rotatable bonds is 5. The van der Waals surface area contributed by atoms with Crippen LogP contribution in [0.25, 0.3) is 0 Å². The van der Waals surface area contributed by atoms with E-state index in [1.807, 2.05) is 6.07 Å². The first-order chi connectivity index (χ1) is 12.1. The molecule has 2 aromatic carbocycles. The zero-order valence-electron chi connectivity index (χ0n) is 13.8. The third-order valence-electron chi connectivity index (χ3n) is 3.88. The summed E-state index contributed by atoms with van der Waals surface area (Å²) in [6.07, 6.45) is 1.93. The summed E-state index contributed by atoms with van der Waals surface area (Å²) < 4.78 is 17.2. The van der Waals surface area contributed by atoms with Gasteiger partial charge in [-0.25, -0.2) is 0 Å². The molecule has 0 fully saturated rings. The van der Waals surface area contributed by atoms with Crippen LogP contribution in [0.3, 0.4) is 0 Å². The summed E-state index contributed by atoms with van der Waals surface area (Å²) in [6, 6.07) is 10.6. The molecule has 0 bridgehead atoms. The SMILES string of the molecule is C=CC(=O)NC1CCOc2c1ccc(Oc1ccc(Cl)cc1)c2OC. The highest BCUT2D eigenvalue weighted by molar-refractivity contribution is 6.30. The Morgan fingerprint density at radius 2 is 2.08 bits per heavy atom. The summed E-state index contributed by atoms with van der Waals surface area (Å²) in [5.74, 6) is 2.01. The zero-order valence-corrected chi connectivity index (χ0v) is 14.5. The Hall–Kier alpha value is -2.66. The monoisotopic (exact) mass is 359 g/mol. The first kappa shape index (κ1) is 17.2. The maximum Gasteiger partial charge on any atom is 0.243 e. The maximum absolute atomic E-state index is 11.6. The lowest BCUT2D eigenvalue weighted by molar-refractivity contribution is -0.117. The van der Waals surface area contributed by atoms with E-state index in [1.165, 1.54) is 6.08 Å². The highest BCUT2D eigenvalue weighted by atomic mass is 35.5. The molecule has 25 heavy (non-hydrogen) atoms. The standard InChI is InChI=1S/C19H18ClNO4/c1-3-17(22)21-15-10-11-24-18-14(15)8-9-16(19(18)23-2)25-13-6-4-12(20)5-7-13/h3-9,15H,1,10-11H2,2H3,(H,21,22). The van der Waals surface area contributed by atoms with Crippen LogP contribution in [0.2, 0.25) is 5.02 Å². The predicted molar refractivity (Wildman–Crippen MR) is 95.7 cm³/mol. The van der Waals surface area contributed by atoms with Crippen molar-refractivity contribution in [1.82, 2.24) is 5.32 Å². The number of methoxy groups -OCH3 is 1. The molecule has 3 rings (SSSR count). The second kappa shape index (κ2) is 7.49. The van der Waals surface area contributed by atoms with Crippen molar-refractivity contribution in [2.75, 3.05) is 13.7 Å². The van der Waals surface area contributed by atoms with E-state index in [4.69, 9.17) is 25.8 Å². The van der Waals surface area contributed by atoms with Crippen LogP contribution in [0.15, 0.2) is 49.1 Å². The summed E-state index contributed by atoms with van der Waals surface area (Å²) in [5, 5.41) is 3.54. The molecule has 1 N–H and O–H groups in total. The number of benzene rings is 2. The summed E-state index contributed by atoms with van der Waals surface area (Å²) in [7, 11) is 1.56. The molecule has 1 heterocycles. The second-order valence-electron chi connectivity index (χ2n) is 5.47. The lowest BCUT2D eigenvalue weighted by Crippen LogP contribution is -2.31. The van der Waals surface area contributed by atoms with Crippen molar-refractivity contribution < 1.29 is 19.0 Å². The molecule has 5 nitrogen and oxygen atoms in total. The Morgan fingerprint density at radius 1 is 1.32 bits per heavy atom. The minimum atomic E-state index is -0.224. The predicted octanol–water partition coefficient (Wildman–Crippen LogP) is 4.27. The van der Waals surface area contributed by atoms with E-state index < -0.39 is 0 Å². The van der Waals surface area contributed by atoms with E-state index in [0.29, 0.717) is 41.0 Å². The van der Waals surface area contributed by atoms with Gasteiger partial charge in [0.1, 0.15) is 5.75 Å². The highest BCUT2D eigenvalue weighted by Crippen LogP contribution is 2.46. The largest absolute Gasteiger partial charge is 0.490 e. The minimum Gasteiger partial charge on any atom is -0.490 e. The lowest BCUT2D eigenvalue weighted by atomic mass is 9.99. The molecule has 1 unspecified atom stereocenters. The van der Waals surface area contributed by atoms with Gasteiger partial charge in [0.15, 0.2) is 11.5 Å². The van der Waals surface area contributed by atoms with Gasteiger partial charge in [0.2, 0.25) is 11.7 Å². The number of amides is 1. The highest BCUT2D eigenvalue weighted by Gasteiger charge is 2.27. The van der Waals surface area contributed by atoms with Gasteiger partial charge >= 0.3 is 0 Å². The van der Waals surface area contributed by atoms with Crippen LogP contribution in [-0.2, 0) is 4.79 Å². The first-order valence-electron chi connectivity index (χ1n) is 7.82. The molecule has 2 aromatic rings. The molecular formula is C19H18ClNO4. The van der Waals surface area contributed by atoms with E-state index in [-0.39, 0.29) is 11.9 Å². The third-order valence-corrected chi connectivity index (χ3v) is 4.13. The van der Waals surface area contributed by atoms with Crippen LogP contribution in [0.4, 0.5) is 0 Å². The summed E-state index contributed by atoms with van der Waals surface area (Å²) in [4.78, 5) is 11.6. The van der Waals surface area contributed by atoms with Crippen molar-refractivity contribution in [3.05, 3.63) is 59.6 Å². The average Bonchev–Trinajstić information content (AvgIpc) is 2.63. The normalized spacial score (nSPS) is 15.5. The van der Waals surface area contributed by atoms with Crippen molar-refractivity contribution in [1.29, 1.82) is 0 Å². The van der Waals surface area contributed by atoms with Gasteiger partial charge in [0, 0.05) is 17.0 Å². The Labute approximate surface area is 151 Å². The molecule has 0 saturated heterocycles. The molecule has 130 valence electrons.